The maximum Gasteiger partial charge on any atom is 0.231 e. The van der Waals surface area contributed by atoms with Crippen LogP contribution in [0.5, 0.6) is 11.5 Å². The zero-order valence-electron chi connectivity index (χ0n) is 14.9. The maximum atomic E-state index is 13.3. The van der Waals surface area contributed by atoms with E-state index in [0.29, 0.717) is 30.3 Å². The number of hydrogen-bond donors (Lipinski definition) is 1. The molecule has 6 nitrogen and oxygen atoms in total. The lowest BCUT2D eigenvalue weighted by atomic mass is 10.00. The first-order valence-corrected chi connectivity index (χ1v) is 9.23. The second-order valence-corrected chi connectivity index (χ2v) is 7.27. The molecule has 1 aliphatic heterocycles. The van der Waals surface area contributed by atoms with E-state index in [1.165, 1.54) is 23.5 Å². The van der Waals surface area contributed by atoms with Crippen LogP contribution < -0.4 is 19.7 Å². The first kappa shape index (κ1) is 17.5. The molecule has 8 heteroatoms. The molecule has 140 valence electrons. The normalized spacial score (nSPS) is 14.1. The van der Waals surface area contributed by atoms with Crippen molar-refractivity contribution in [3.8, 4) is 11.5 Å². The smallest absolute Gasteiger partial charge is 0.231 e. The number of carbonyl (C=O) groups excluding carboxylic acids is 1. The van der Waals surface area contributed by atoms with Crippen LogP contribution in [0.15, 0.2) is 36.4 Å². The minimum atomic E-state index is -0.272. The molecular formula is C19H18FN3O3S. The number of aromatic nitrogens is 1. The van der Waals surface area contributed by atoms with Gasteiger partial charge < -0.3 is 19.7 Å². The summed E-state index contributed by atoms with van der Waals surface area (Å²) in [5, 5.41) is 3.71. The van der Waals surface area contributed by atoms with Crippen molar-refractivity contribution in [3.63, 3.8) is 0 Å². The minimum Gasteiger partial charge on any atom is -0.497 e. The summed E-state index contributed by atoms with van der Waals surface area (Å²) < 4.78 is 24.6. The topological polar surface area (TPSA) is 63.7 Å². The molecule has 3 aromatic rings. The fraction of sp³-hybridized carbons (Fsp3) is 0.263. The largest absolute Gasteiger partial charge is 0.497 e. The Bertz CT molecular complexity index is 1000. The molecule has 0 spiro atoms. The number of nitrogens with zero attached hydrogens (tertiary/aromatic N) is 2. The van der Waals surface area contributed by atoms with Crippen molar-refractivity contribution in [3.05, 3.63) is 42.2 Å². The highest BCUT2D eigenvalue weighted by molar-refractivity contribution is 7.22. The van der Waals surface area contributed by atoms with Crippen molar-refractivity contribution in [2.75, 3.05) is 37.5 Å². The third kappa shape index (κ3) is 3.40. The van der Waals surface area contributed by atoms with E-state index in [-0.39, 0.29) is 17.6 Å². The van der Waals surface area contributed by atoms with E-state index < -0.39 is 0 Å². The first-order valence-electron chi connectivity index (χ1n) is 8.41. The third-order valence-electron chi connectivity index (χ3n) is 4.53. The monoisotopic (exact) mass is 387 g/mol. The average Bonchev–Trinajstić information content (AvgIpc) is 3.02. The fourth-order valence-electron chi connectivity index (χ4n) is 2.97. The Morgan fingerprint density at radius 1 is 1.22 bits per heavy atom. The second-order valence-electron chi connectivity index (χ2n) is 6.27. The predicted molar refractivity (Wildman–Crippen MR) is 103 cm³/mol. The Balaban J connectivity index is 1.42. The van der Waals surface area contributed by atoms with Crippen LogP contribution in [0, 0.1) is 11.7 Å². The Morgan fingerprint density at radius 3 is 2.78 bits per heavy atom. The number of fused-ring (bicyclic) bond motifs is 1. The Labute approximate surface area is 159 Å². The Morgan fingerprint density at radius 2 is 2.04 bits per heavy atom. The van der Waals surface area contributed by atoms with Gasteiger partial charge in [-0.1, -0.05) is 11.3 Å². The fourth-order valence-corrected chi connectivity index (χ4v) is 3.98. The molecule has 1 saturated heterocycles. The van der Waals surface area contributed by atoms with Crippen molar-refractivity contribution in [1.29, 1.82) is 0 Å². The molecule has 1 N–H and O–H groups in total. The highest BCUT2D eigenvalue weighted by Gasteiger charge is 2.34. The standard InChI is InChI=1S/C19H18FN3O3S/c1-25-13-4-6-16(26-2)15(8-13)21-18(24)11-9-23(10-11)19-22-14-5-3-12(20)7-17(14)27-19/h3-8,11H,9-10H2,1-2H3,(H,21,24). The average molecular weight is 387 g/mol. The van der Waals surface area contributed by atoms with Gasteiger partial charge in [-0.15, -0.1) is 0 Å². The van der Waals surface area contributed by atoms with Gasteiger partial charge in [-0.05, 0) is 30.3 Å². The predicted octanol–water partition coefficient (Wildman–Crippen LogP) is 3.53. The molecule has 0 radical (unpaired) electrons. The zero-order chi connectivity index (χ0) is 19.0. The van der Waals surface area contributed by atoms with Gasteiger partial charge in [-0.25, -0.2) is 9.37 Å². The number of methoxy groups -OCH3 is 2. The molecular weight excluding hydrogens is 369 g/mol. The molecule has 1 aliphatic rings. The van der Waals surface area contributed by atoms with Crippen LogP contribution in [0.3, 0.4) is 0 Å². The van der Waals surface area contributed by atoms with Crippen molar-refractivity contribution >= 4 is 38.3 Å². The molecule has 2 aromatic carbocycles. The van der Waals surface area contributed by atoms with Gasteiger partial charge in [0.1, 0.15) is 17.3 Å². The van der Waals surface area contributed by atoms with E-state index >= 15 is 0 Å². The molecule has 0 atom stereocenters. The maximum absolute atomic E-state index is 13.3. The second kappa shape index (κ2) is 7.03. The van der Waals surface area contributed by atoms with Gasteiger partial charge in [0.05, 0.1) is 36.0 Å². The molecule has 4 rings (SSSR count). The highest BCUT2D eigenvalue weighted by atomic mass is 32.1. The zero-order valence-corrected chi connectivity index (χ0v) is 15.7. The van der Waals surface area contributed by atoms with Gasteiger partial charge in [-0.3, -0.25) is 4.79 Å². The van der Waals surface area contributed by atoms with Crippen molar-refractivity contribution in [1.82, 2.24) is 4.98 Å². The Kier molecular flexibility index (Phi) is 4.57. The van der Waals surface area contributed by atoms with Crippen molar-refractivity contribution in [2.45, 2.75) is 0 Å². The number of thiazole rings is 1. The van der Waals surface area contributed by atoms with Crippen LogP contribution in [0.4, 0.5) is 15.2 Å². The number of anilines is 2. The molecule has 1 aromatic heterocycles. The SMILES string of the molecule is COc1ccc(OC)c(NC(=O)C2CN(c3nc4ccc(F)cc4s3)C2)c1. The summed E-state index contributed by atoms with van der Waals surface area (Å²) in [6.45, 7) is 1.14. The van der Waals surface area contributed by atoms with Gasteiger partial charge in [-0.2, -0.15) is 0 Å². The summed E-state index contributed by atoms with van der Waals surface area (Å²) in [6, 6.07) is 9.81. The molecule has 1 fully saturated rings. The summed E-state index contributed by atoms with van der Waals surface area (Å²) in [5.41, 5.74) is 1.35. The summed E-state index contributed by atoms with van der Waals surface area (Å²) in [4.78, 5) is 19.1. The van der Waals surface area contributed by atoms with Crippen molar-refractivity contribution < 1.29 is 18.7 Å². The summed E-state index contributed by atoms with van der Waals surface area (Å²) in [7, 11) is 3.12. The molecule has 0 unspecified atom stereocenters. The number of rotatable bonds is 5. The van der Waals surface area contributed by atoms with Gasteiger partial charge in [0.15, 0.2) is 5.13 Å². The summed E-state index contributed by atoms with van der Waals surface area (Å²) in [5.74, 6) is 0.719. The molecule has 1 amide bonds. The van der Waals surface area contributed by atoms with Gasteiger partial charge in [0.25, 0.3) is 0 Å². The van der Waals surface area contributed by atoms with Crippen LogP contribution in [-0.2, 0) is 4.79 Å². The lowest BCUT2D eigenvalue weighted by Gasteiger charge is -2.38. The van der Waals surface area contributed by atoms with Crippen LogP contribution in [0.2, 0.25) is 0 Å². The van der Waals surface area contributed by atoms with Crippen LogP contribution in [0.25, 0.3) is 10.2 Å². The molecule has 0 aliphatic carbocycles. The van der Waals surface area contributed by atoms with Crippen LogP contribution >= 0.6 is 11.3 Å². The van der Waals surface area contributed by atoms with Gasteiger partial charge >= 0.3 is 0 Å². The van der Waals surface area contributed by atoms with E-state index in [4.69, 9.17) is 9.47 Å². The van der Waals surface area contributed by atoms with Crippen LogP contribution in [0.1, 0.15) is 0 Å². The number of halogens is 1. The quantitative estimate of drug-likeness (QED) is 0.726. The number of ether oxygens (including phenoxy) is 2. The number of nitrogens with one attached hydrogen (secondary N) is 1. The van der Waals surface area contributed by atoms with E-state index in [1.54, 1.807) is 38.5 Å². The Hall–Kier alpha value is -2.87. The van der Waals surface area contributed by atoms with E-state index in [1.807, 2.05) is 4.90 Å². The van der Waals surface area contributed by atoms with Crippen molar-refractivity contribution in [2.24, 2.45) is 5.92 Å². The summed E-state index contributed by atoms with van der Waals surface area (Å²) >= 11 is 1.43. The third-order valence-corrected chi connectivity index (χ3v) is 5.61. The van der Waals surface area contributed by atoms with E-state index in [9.17, 15) is 9.18 Å². The van der Waals surface area contributed by atoms with E-state index in [0.717, 1.165) is 15.3 Å². The number of hydrogen-bond acceptors (Lipinski definition) is 6. The lowest BCUT2D eigenvalue weighted by Crippen LogP contribution is -2.52. The van der Waals surface area contributed by atoms with Gasteiger partial charge in [0, 0.05) is 19.2 Å². The van der Waals surface area contributed by atoms with E-state index in [2.05, 4.69) is 10.3 Å². The highest BCUT2D eigenvalue weighted by Crippen LogP contribution is 2.34. The molecule has 0 saturated carbocycles. The van der Waals surface area contributed by atoms with Gasteiger partial charge in [0.2, 0.25) is 5.91 Å². The molecule has 0 bridgehead atoms. The minimum absolute atomic E-state index is 0.0787. The number of amides is 1. The number of carbonyl (C=O) groups is 1. The van der Waals surface area contributed by atoms with Crippen LogP contribution in [-0.4, -0.2) is 38.2 Å². The number of benzene rings is 2. The first-order chi connectivity index (χ1) is 13.1. The lowest BCUT2D eigenvalue weighted by molar-refractivity contribution is -0.120. The summed E-state index contributed by atoms with van der Waals surface area (Å²) in [6.07, 6.45) is 0. The molecule has 27 heavy (non-hydrogen) atoms. The molecule has 2 heterocycles.